The van der Waals surface area contributed by atoms with Gasteiger partial charge in [-0.1, -0.05) is 117 Å². The predicted octanol–water partition coefficient (Wildman–Crippen LogP) is 27.9. The van der Waals surface area contributed by atoms with Gasteiger partial charge >= 0.3 is 35.8 Å². The Balaban J connectivity index is 0.000000102. The molecule has 0 radical (unpaired) electrons. The summed E-state index contributed by atoms with van der Waals surface area (Å²) in [5, 5.41) is 10.0. The number of aliphatic hydroxyl groups is 1. The van der Waals surface area contributed by atoms with Gasteiger partial charge in [0.2, 0.25) is 0 Å². The van der Waals surface area contributed by atoms with E-state index in [9.17, 15) is 33.9 Å². The van der Waals surface area contributed by atoms with Crippen LogP contribution in [0.15, 0.2) is 0 Å². The van der Waals surface area contributed by atoms with Gasteiger partial charge in [-0.25, -0.2) is 0 Å². The number of esters is 6. The van der Waals surface area contributed by atoms with Crippen LogP contribution in [0.5, 0.6) is 0 Å². The third kappa shape index (κ3) is 17.9. The van der Waals surface area contributed by atoms with Crippen LogP contribution in [0.2, 0.25) is 0 Å². The Labute approximate surface area is 820 Å². The molecule has 1 heterocycles. The topological polar surface area (TPSA) is 178 Å². The molecule has 1 spiro atoms. The summed E-state index contributed by atoms with van der Waals surface area (Å²) in [6, 6.07) is 0. The van der Waals surface area contributed by atoms with Gasteiger partial charge in [0.1, 0.15) is 28.0 Å². The average Bonchev–Trinajstić information content (AvgIpc) is 1.68. The number of cyclic esters (lactones) is 1. The fraction of sp³-hybridized carbons (Fsp3) is 0.951. The monoisotopic (exact) mass is 1870 g/mol. The molecule has 0 aromatic carbocycles. The van der Waals surface area contributed by atoms with E-state index in [2.05, 4.69) is 132 Å². The number of carbonyl (C=O) groups is 6. The second kappa shape index (κ2) is 37.4. The molecule has 27 saturated carbocycles. The number of fused-ring (bicyclic) bond motifs is 15. The summed E-state index contributed by atoms with van der Waals surface area (Å²) >= 11 is 0. The SMILES string of the molecule is CC1C2CC(C(=O)OC(C)(C)C)C(C2)C1C.CC1C2CC(C(=O)OC(C)(C)C34CC5CC(CC(C5)C3)C4)C(C2)C1C.CC1C2CC(C(=O)OC3(C)C4CC5CC(C4)CC3C5)C(C2)C1C.CC1C2CC(C1C)C(C(C)(C)O)C2.CC1C2CC(C1C)C1(CCOC1=O)C2.CCC1(OC(=O)C2CC3CC2C(C)C3C)C2CC3CC(C2)CC1C3.CCC1(OC(=O)C2CC3CC2C(C)C3C)CCCCC1. The van der Waals surface area contributed by atoms with Gasteiger partial charge < -0.3 is 33.5 Å². The van der Waals surface area contributed by atoms with Crippen molar-refractivity contribution in [3.8, 4) is 0 Å². The molecule has 13 nitrogen and oxygen atoms in total. The molecule has 1 saturated heterocycles. The molecule has 762 valence electrons. The molecule has 28 aliphatic rings. The highest BCUT2D eigenvalue weighted by atomic mass is 16.6. The summed E-state index contributed by atoms with van der Waals surface area (Å²) in [7, 11) is 0. The Bertz CT molecular complexity index is 4140. The number of hydrogen-bond acceptors (Lipinski definition) is 13. The summed E-state index contributed by atoms with van der Waals surface area (Å²) in [4.78, 5) is 76.1. The quantitative estimate of drug-likeness (QED) is 0.136. The van der Waals surface area contributed by atoms with E-state index in [0.717, 1.165) is 213 Å². The van der Waals surface area contributed by atoms with Crippen LogP contribution >= 0.6 is 0 Å². The van der Waals surface area contributed by atoms with Crippen LogP contribution in [0.1, 0.15) is 410 Å². The van der Waals surface area contributed by atoms with Gasteiger partial charge in [-0.2, -0.15) is 0 Å². The van der Waals surface area contributed by atoms with E-state index in [-0.39, 0.29) is 104 Å². The predicted molar refractivity (Wildman–Crippen MR) is 534 cm³/mol. The molecule has 28 fully saturated rings. The molecule has 26 bridgehead atoms. The van der Waals surface area contributed by atoms with E-state index in [4.69, 9.17) is 28.4 Å². The molecule has 0 aromatic rings. The van der Waals surface area contributed by atoms with Crippen LogP contribution in [0.4, 0.5) is 0 Å². The molecule has 1 N–H and O–H groups in total. The molecule has 28 rings (SSSR count). The van der Waals surface area contributed by atoms with Gasteiger partial charge in [0.15, 0.2) is 0 Å². The second-order valence-corrected chi connectivity index (χ2v) is 57.7. The number of carbonyl (C=O) groups excluding carboxylic acids is 6. The summed E-state index contributed by atoms with van der Waals surface area (Å²) in [6.07, 6.45) is 47.6. The summed E-state index contributed by atoms with van der Waals surface area (Å²) < 4.78 is 36.2. The standard InChI is InChI=1S/C23H36O2.C22H34O2.C21H32O2.C18H30O2.C14H24O2.C12H18O2.C12H22O/c1-13-14(2)19-8-18(13)9-20(19)21(24)25-22(3,4)23-10-15-5-16(11-23)7-17(6-15)12-23;1-4-22(17-6-14-5-15(8-17)9-18(22)7-14)24-21(23)20-11-16-10-19(20)13(3)12(16)2;1-11-12(2)18-9-15(11)10-19(18)20(22)23-21(3)16-5-13-4-14(7-16)8-17(21)6-13;1-4-18(8-6-5-7-9-18)20-17(19)16-11-14-10-15(16)13(3)12(14)2;1-8-9(2)11-6-10(8)7-12(11)13(15)16-14(3,4)5;1-7-8(2)10-5-9(7)6-12(10)3-4-14-11(12)13;1-7-8(2)10-5-9(7)6-11(10)12(3,4)13/h13-20H,5-12H2,1-4H3;12-20H,4-11H2,1-3H3;11-19H,4-10H2,1-3H3;12-16H,4-11H2,1-3H3;8-12H,6-7H2,1-5H3;7-10H,3-6H2,1-2H3;7-11,13H,5-6H2,1-4H3. The lowest BCUT2D eigenvalue weighted by molar-refractivity contribution is -0.216. The molecular formula is C122H196O13. The summed E-state index contributed by atoms with van der Waals surface area (Å²) in [6.45, 7) is 54.7. The normalized spacial score (nSPS) is 52.2. The lowest BCUT2D eigenvalue weighted by atomic mass is 9.46. The molecule has 135 heavy (non-hydrogen) atoms. The van der Waals surface area contributed by atoms with Crippen molar-refractivity contribution in [3.05, 3.63) is 0 Å². The molecule has 13 heteroatoms. The maximum absolute atomic E-state index is 13.2. The highest BCUT2D eigenvalue weighted by Crippen LogP contribution is 2.70. The smallest absolute Gasteiger partial charge is 0.312 e. The fourth-order valence-corrected chi connectivity index (χ4v) is 41.4. The molecule has 35 unspecified atom stereocenters. The lowest BCUT2D eigenvalue weighted by Gasteiger charge is -2.61. The maximum Gasteiger partial charge on any atom is 0.312 e. The molecular weight excluding hydrogens is 1670 g/mol. The van der Waals surface area contributed by atoms with Crippen LogP contribution in [-0.2, 0) is 57.2 Å². The van der Waals surface area contributed by atoms with Crippen LogP contribution in [-0.4, -0.2) is 81.1 Å². The first-order chi connectivity index (χ1) is 63.7. The van der Waals surface area contributed by atoms with Crippen molar-refractivity contribution >= 4 is 35.8 Å². The zero-order valence-corrected chi connectivity index (χ0v) is 89.9. The first-order valence-electron chi connectivity index (χ1n) is 58.7. The summed E-state index contributed by atoms with van der Waals surface area (Å²) in [5.41, 5.74) is -1.20. The van der Waals surface area contributed by atoms with Crippen molar-refractivity contribution < 1.29 is 62.3 Å². The Kier molecular flexibility index (Phi) is 27.8. The van der Waals surface area contributed by atoms with Crippen molar-refractivity contribution in [2.24, 2.45) is 277 Å². The number of rotatable bonds is 13. The fourth-order valence-electron chi connectivity index (χ4n) is 41.4. The largest absolute Gasteiger partial charge is 0.465 e. The first kappa shape index (κ1) is 100. The minimum absolute atomic E-state index is 0.0405. The van der Waals surface area contributed by atoms with E-state index in [1.807, 2.05) is 34.6 Å². The van der Waals surface area contributed by atoms with Crippen LogP contribution in [0, 0.1) is 277 Å². The first-order valence-corrected chi connectivity index (χ1v) is 58.7. The Morgan fingerprint density at radius 3 is 1.01 bits per heavy atom. The molecule has 27 aliphatic carbocycles. The number of ether oxygens (including phenoxy) is 6. The highest BCUT2D eigenvalue weighted by Gasteiger charge is 2.68. The van der Waals surface area contributed by atoms with E-state index >= 15 is 0 Å². The Morgan fingerprint density at radius 1 is 0.341 bits per heavy atom. The zero-order chi connectivity index (χ0) is 96.3. The molecule has 1 aliphatic heterocycles. The highest BCUT2D eigenvalue weighted by molar-refractivity contribution is 5.80. The minimum Gasteiger partial charge on any atom is -0.465 e. The van der Waals surface area contributed by atoms with E-state index in [1.54, 1.807) is 0 Å². The van der Waals surface area contributed by atoms with Crippen molar-refractivity contribution in [2.75, 3.05) is 6.61 Å². The van der Waals surface area contributed by atoms with E-state index < -0.39 is 5.60 Å². The van der Waals surface area contributed by atoms with Crippen molar-refractivity contribution in [1.82, 2.24) is 0 Å². The van der Waals surface area contributed by atoms with E-state index in [0.29, 0.717) is 101 Å². The van der Waals surface area contributed by atoms with Crippen molar-refractivity contribution in [3.63, 3.8) is 0 Å². The van der Waals surface area contributed by atoms with Crippen LogP contribution in [0.25, 0.3) is 0 Å². The third-order valence-corrected chi connectivity index (χ3v) is 50.3. The van der Waals surface area contributed by atoms with E-state index in [1.165, 1.54) is 173 Å². The molecule has 35 atom stereocenters. The average molecular weight is 1870 g/mol. The van der Waals surface area contributed by atoms with Crippen molar-refractivity contribution in [2.45, 2.75) is 444 Å². The maximum atomic E-state index is 13.2. The van der Waals surface area contributed by atoms with Gasteiger partial charge in [0.05, 0.1) is 47.2 Å². The van der Waals surface area contributed by atoms with Crippen molar-refractivity contribution in [1.29, 1.82) is 0 Å². The number of hydrogen-bond donors (Lipinski definition) is 1. The molecule has 0 aromatic heterocycles. The zero-order valence-electron chi connectivity index (χ0n) is 89.9. The second-order valence-electron chi connectivity index (χ2n) is 57.7. The van der Waals surface area contributed by atoms with Gasteiger partial charge in [-0.15, -0.1) is 0 Å². The summed E-state index contributed by atoms with van der Waals surface area (Å²) in [5.74, 6) is 32.1. The molecule has 0 amide bonds. The lowest BCUT2D eigenvalue weighted by Crippen LogP contribution is -2.60. The van der Waals surface area contributed by atoms with Gasteiger partial charge in [0.25, 0.3) is 0 Å². The third-order valence-electron chi connectivity index (χ3n) is 50.3. The van der Waals surface area contributed by atoms with Crippen LogP contribution in [0.3, 0.4) is 0 Å². The Morgan fingerprint density at radius 2 is 0.681 bits per heavy atom. The van der Waals surface area contributed by atoms with Crippen LogP contribution < -0.4 is 0 Å². The minimum atomic E-state index is -0.451. The van der Waals surface area contributed by atoms with Gasteiger partial charge in [-0.3, -0.25) is 28.8 Å². The van der Waals surface area contributed by atoms with Gasteiger partial charge in [0, 0.05) is 5.41 Å². The van der Waals surface area contributed by atoms with Gasteiger partial charge in [-0.05, 0) is 530 Å². The Hall–Kier alpha value is -3.22.